The molecule has 2 saturated heterocycles. The predicted molar refractivity (Wildman–Crippen MR) is 139 cm³/mol. The van der Waals surface area contributed by atoms with Crippen molar-refractivity contribution in [2.45, 2.75) is 69.5 Å². The van der Waals surface area contributed by atoms with E-state index in [0.717, 1.165) is 29.8 Å². The molecule has 2 aliphatic heterocycles. The molecule has 38 heavy (non-hydrogen) atoms. The molecule has 7 rings (SSSR count). The summed E-state index contributed by atoms with van der Waals surface area (Å²) in [5, 5.41) is 14.4. The first-order valence-electron chi connectivity index (χ1n) is 13.1. The molecule has 1 amide bonds. The zero-order valence-corrected chi connectivity index (χ0v) is 21.0. The van der Waals surface area contributed by atoms with Crippen LogP contribution in [0.15, 0.2) is 30.9 Å². The van der Waals surface area contributed by atoms with Crippen LogP contribution in [0.1, 0.15) is 78.0 Å². The highest BCUT2D eigenvalue weighted by molar-refractivity contribution is 6.00. The molecule has 6 heterocycles. The zero-order valence-electron chi connectivity index (χ0n) is 21.0. The molecule has 4 aromatic heterocycles. The maximum Gasteiger partial charge on any atom is 0.291 e. The van der Waals surface area contributed by atoms with Crippen molar-refractivity contribution >= 4 is 29.0 Å². The first-order chi connectivity index (χ1) is 18.5. The van der Waals surface area contributed by atoms with Gasteiger partial charge in [0, 0.05) is 41.4 Å². The molecule has 4 aromatic rings. The minimum atomic E-state index is -0.145. The molecule has 0 spiro atoms. The molecule has 3 fully saturated rings. The Labute approximate surface area is 218 Å². The Kier molecular flexibility index (Phi) is 5.17. The quantitative estimate of drug-likeness (QED) is 0.330. The molecule has 12 heteroatoms. The highest BCUT2D eigenvalue weighted by Gasteiger charge is 2.45. The number of fused-ring (bicyclic) bond motifs is 3. The minimum Gasteiger partial charge on any atom is -0.383 e. The first-order valence-corrected chi connectivity index (χ1v) is 13.1. The largest absolute Gasteiger partial charge is 0.383 e. The Morgan fingerprint density at radius 1 is 1.08 bits per heavy atom. The molecule has 3 aliphatic rings. The Morgan fingerprint density at radius 2 is 1.87 bits per heavy atom. The van der Waals surface area contributed by atoms with Gasteiger partial charge in [-0.3, -0.25) is 14.7 Å². The number of H-pyrrole nitrogens is 1. The van der Waals surface area contributed by atoms with Crippen LogP contribution < -0.4 is 11.1 Å². The third-order valence-electron chi connectivity index (χ3n) is 8.04. The van der Waals surface area contributed by atoms with E-state index in [2.05, 4.69) is 30.6 Å². The number of nitrogens with zero attached hydrogens (tertiary/aromatic N) is 7. The number of ketones is 1. The maximum atomic E-state index is 13.1. The van der Waals surface area contributed by atoms with Crippen LogP contribution in [0.3, 0.4) is 0 Å². The van der Waals surface area contributed by atoms with E-state index in [1.54, 1.807) is 10.7 Å². The minimum absolute atomic E-state index is 0.0107. The van der Waals surface area contributed by atoms with Crippen LogP contribution in [-0.2, 0) is 0 Å². The number of nitrogens with two attached hydrogens (primary N) is 1. The number of carbonyl (C=O) groups is 2. The number of Topliss-reactive ketones (excluding diaryl/α,β-unsaturated/α-hetero) is 1. The van der Waals surface area contributed by atoms with Gasteiger partial charge in [-0.25, -0.2) is 15.0 Å². The lowest BCUT2D eigenvalue weighted by Crippen LogP contribution is -2.46. The molecule has 4 N–H and O–H groups in total. The number of hydrogen-bond donors (Lipinski definition) is 3. The first kappa shape index (κ1) is 22.8. The number of pyridine rings is 1. The van der Waals surface area contributed by atoms with Gasteiger partial charge in [-0.2, -0.15) is 14.7 Å². The summed E-state index contributed by atoms with van der Waals surface area (Å²) in [5.41, 5.74) is 9.94. The number of aromatic amines is 1. The third-order valence-corrected chi connectivity index (χ3v) is 8.04. The Balaban J connectivity index is 1.25. The molecule has 2 bridgehead atoms. The van der Waals surface area contributed by atoms with Crippen molar-refractivity contribution < 1.29 is 9.59 Å². The molecular weight excluding hydrogens is 484 g/mol. The molecule has 1 saturated carbocycles. The van der Waals surface area contributed by atoms with Gasteiger partial charge in [-0.05, 0) is 57.6 Å². The van der Waals surface area contributed by atoms with E-state index in [9.17, 15) is 9.59 Å². The molecule has 0 aromatic carbocycles. The van der Waals surface area contributed by atoms with E-state index in [-0.39, 0.29) is 41.3 Å². The van der Waals surface area contributed by atoms with Gasteiger partial charge in [0.2, 0.25) is 5.82 Å². The smallest absolute Gasteiger partial charge is 0.291 e. The summed E-state index contributed by atoms with van der Waals surface area (Å²) in [6, 6.07) is 4.56. The van der Waals surface area contributed by atoms with E-state index in [1.165, 1.54) is 26.1 Å². The highest BCUT2D eigenvalue weighted by Crippen LogP contribution is 2.45. The van der Waals surface area contributed by atoms with Crippen molar-refractivity contribution in [3.8, 4) is 11.1 Å². The molecule has 0 radical (unpaired) electrons. The van der Waals surface area contributed by atoms with Crippen molar-refractivity contribution in [2.24, 2.45) is 0 Å². The molecule has 3 atom stereocenters. The number of rotatable bonds is 6. The summed E-state index contributed by atoms with van der Waals surface area (Å²) < 4.78 is 1.54. The summed E-state index contributed by atoms with van der Waals surface area (Å²) in [7, 11) is 0. The Bertz CT molecular complexity index is 1530. The Hall–Kier alpha value is -4.35. The SMILES string of the molecule is CC(=O)c1c(C2CC3CC[C@H](C2)N3C(=O)c2ncn[nH]2)nc2c(-c3ccc(NC4CC4)nc3)cnn2c1N. The van der Waals surface area contributed by atoms with Crippen molar-refractivity contribution in [3.63, 3.8) is 0 Å². The van der Waals surface area contributed by atoms with Crippen LogP contribution in [0.2, 0.25) is 0 Å². The summed E-state index contributed by atoms with van der Waals surface area (Å²) in [6.45, 7) is 1.51. The standard InChI is InChI=1S/C26H28N10O2/c1-13(37)21-22(15-8-17-5-6-18(9-15)35(17)26(38)24-29-12-30-34-24)33-25-19(11-31-36(25)23(21)27)14-2-7-20(28-10-14)32-16-3-4-16/h2,7,10-12,15-18H,3-6,8-9,27H2,1H3,(H,28,32)(H,29,30,34)/t15?,17-,18?/m1/s1. The van der Waals surface area contributed by atoms with Gasteiger partial charge in [0.25, 0.3) is 5.91 Å². The van der Waals surface area contributed by atoms with Crippen molar-refractivity contribution in [3.05, 3.63) is 47.9 Å². The van der Waals surface area contributed by atoms with E-state index < -0.39 is 0 Å². The van der Waals surface area contributed by atoms with Gasteiger partial charge in [0.15, 0.2) is 11.4 Å². The van der Waals surface area contributed by atoms with Crippen molar-refractivity contribution in [1.29, 1.82) is 0 Å². The van der Waals surface area contributed by atoms with Gasteiger partial charge < -0.3 is 16.0 Å². The van der Waals surface area contributed by atoms with E-state index in [0.29, 0.717) is 35.8 Å². The number of hydrogen-bond acceptors (Lipinski definition) is 9. The number of aromatic nitrogens is 7. The predicted octanol–water partition coefficient (Wildman–Crippen LogP) is 2.82. The van der Waals surface area contributed by atoms with Crippen LogP contribution in [0.5, 0.6) is 0 Å². The summed E-state index contributed by atoms with van der Waals surface area (Å²) in [6.07, 6.45) is 10.4. The fraction of sp³-hybridized carbons (Fsp3) is 0.423. The number of amides is 1. The summed E-state index contributed by atoms with van der Waals surface area (Å²) in [5.74, 6) is 1.10. The lowest BCUT2D eigenvalue weighted by molar-refractivity contribution is 0.0556. The van der Waals surface area contributed by atoms with E-state index >= 15 is 0 Å². The monoisotopic (exact) mass is 512 g/mol. The second-order valence-corrected chi connectivity index (χ2v) is 10.6. The number of nitrogen functional groups attached to an aromatic ring is 1. The average molecular weight is 513 g/mol. The third kappa shape index (κ3) is 3.70. The van der Waals surface area contributed by atoms with Gasteiger partial charge >= 0.3 is 0 Å². The zero-order chi connectivity index (χ0) is 26.0. The molecule has 194 valence electrons. The molecule has 1 aliphatic carbocycles. The average Bonchev–Trinajstić information content (AvgIpc) is 3.27. The summed E-state index contributed by atoms with van der Waals surface area (Å²) >= 11 is 0. The Morgan fingerprint density at radius 3 is 2.50 bits per heavy atom. The van der Waals surface area contributed by atoms with Gasteiger partial charge in [-0.1, -0.05) is 0 Å². The van der Waals surface area contributed by atoms with Crippen LogP contribution in [0, 0.1) is 0 Å². The second kappa shape index (κ2) is 8.61. The fourth-order valence-corrected chi connectivity index (χ4v) is 6.13. The van der Waals surface area contributed by atoms with E-state index in [1.807, 2.05) is 23.2 Å². The number of anilines is 2. The molecule has 2 unspecified atom stereocenters. The number of piperidine rings is 1. The summed E-state index contributed by atoms with van der Waals surface area (Å²) in [4.78, 5) is 41.5. The molecule has 12 nitrogen and oxygen atoms in total. The van der Waals surface area contributed by atoms with Crippen molar-refractivity contribution in [2.75, 3.05) is 11.1 Å². The van der Waals surface area contributed by atoms with Crippen LogP contribution in [0.25, 0.3) is 16.8 Å². The van der Waals surface area contributed by atoms with Crippen molar-refractivity contribution in [1.82, 2.24) is 39.7 Å². The normalized spacial score (nSPS) is 22.7. The molecular formula is C26H28N10O2. The van der Waals surface area contributed by atoms with Gasteiger partial charge in [0.1, 0.15) is 18.0 Å². The van der Waals surface area contributed by atoms with Crippen LogP contribution in [0.4, 0.5) is 11.6 Å². The lowest BCUT2D eigenvalue weighted by Gasteiger charge is -2.38. The van der Waals surface area contributed by atoms with Crippen LogP contribution >= 0.6 is 0 Å². The topological polar surface area (TPSA) is 160 Å². The van der Waals surface area contributed by atoms with Crippen LogP contribution in [-0.4, -0.2) is 69.5 Å². The fourth-order valence-electron chi connectivity index (χ4n) is 6.13. The number of nitrogens with one attached hydrogen (secondary N) is 2. The maximum absolute atomic E-state index is 13.1. The van der Waals surface area contributed by atoms with E-state index in [4.69, 9.17) is 10.7 Å². The second-order valence-electron chi connectivity index (χ2n) is 10.6. The number of carbonyl (C=O) groups excluding carboxylic acids is 2. The van der Waals surface area contributed by atoms with Gasteiger partial charge in [-0.15, -0.1) is 0 Å². The highest BCUT2D eigenvalue weighted by atomic mass is 16.2. The lowest BCUT2D eigenvalue weighted by atomic mass is 9.85. The van der Waals surface area contributed by atoms with Gasteiger partial charge in [0.05, 0.1) is 17.5 Å².